The van der Waals surface area contributed by atoms with Crippen LogP contribution in [0.4, 0.5) is 0 Å². The number of unbranched alkanes of at least 4 members (excludes halogenated alkanes) is 36. The quantitative estimate of drug-likeness (QED) is 0.0273. The number of halogens is 2. The van der Waals surface area contributed by atoms with Crippen LogP contribution in [0.5, 0.6) is 0 Å². The minimum absolute atomic E-state index is 0.274. The molecule has 0 amide bonds. The normalized spacial score (nSPS) is 13.7. The molecule has 0 bridgehead atoms. The predicted octanol–water partition coefficient (Wildman–Crippen LogP) is 26.8. The zero-order chi connectivity index (χ0) is 56.8. The van der Waals surface area contributed by atoms with E-state index in [1.807, 2.05) is 22.7 Å². The molecule has 79 heavy (non-hydrogen) atoms. The fourth-order valence-electron chi connectivity index (χ4n) is 12.8. The van der Waals surface area contributed by atoms with Gasteiger partial charge in [-0.3, -0.25) is 9.59 Å². The number of hydrogen-bond acceptors (Lipinski definition) is 8. The van der Waals surface area contributed by atoms with Crippen molar-refractivity contribution in [3.63, 3.8) is 0 Å². The maximum atomic E-state index is 14.3. The Kier molecular flexibility index (Phi) is 38.5. The average molecular weight is 1300 g/mol. The van der Waals surface area contributed by atoms with Gasteiger partial charge in [0.1, 0.15) is 0 Å². The first-order valence-corrected chi connectivity index (χ1v) is 38.0. The van der Waals surface area contributed by atoms with Gasteiger partial charge in [-0.1, -0.05) is 285 Å². The summed E-state index contributed by atoms with van der Waals surface area (Å²) in [4.78, 5) is 33.5. The molecule has 4 aromatic heterocycles. The van der Waals surface area contributed by atoms with Gasteiger partial charge in [0.05, 0.1) is 33.0 Å². The van der Waals surface area contributed by atoms with Gasteiger partial charge < -0.3 is 0 Å². The van der Waals surface area contributed by atoms with Crippen molar-refractivity contribution >= 4 is 109 Å². The molecule has 443 valence electrons. The van der Waals surface area contributed by atoms with Crippen LogP contribution in [0.15, 0.2) is 46.9 Å². The Morgan fingerprint density at radius 1 is 0.392 bits per heavy atom. The van der Waals surface area contributed by atoms with Crippen LogP contribution < -0.4 is 0 Å². The number of nitrogens with zero attached hydrogens (tertiary/aromatic N) is 1. The van der Waals surface area contributed by atoms with Crippen molar-refractivity contribution < 1.29 is 9.59 Å². The molecule has 0 aromatic carbocycles. The summed E-state index contributed by atoms with van der Waals surface area (Å²) in [6.07, 6.45) is 57.8. The first kappa shape index (κ1) is 70.8. The van der Waals surface area contributed by atoms with Crippen LogP contribution in [-0.2, 0) is 10.8 Å². The fraction of sp³-hybridized carbons (Fsp3) is 0.735. The standard InChI is InChI=1S/C34H52Br2OS2.C34H54OS2.BHNS/c1-3-5-7-9-11-13-15-17-19-21-23-34(24-22-20-18-16-14-12-10-8-6-4-2)28-26-30(36)39-32(28)31-27(33(34)37)25-29(35)38-31;1-3-5-7-9-11-13-15-17-19-21-25-34(26-22-20-18-16-14-12-10-8-6-4-2)30-24-28-37-32(30)31-29(33(34)35)23-27-36-31;1-2-3/h25-26H,3-24H2,1-2H3;23-24,27-28H,3-22,25-26H2,1-2H3;3H. The van der Waals surface area contributed by atoms with Gasteiger partial charge in [-0.25, -0.2) is 0 Å². The molecule has 0 spiro atoms. The Morgan fingerprint density at radius 2 is 0.684 bits per heavy atom. The number of thiol groups is 1. The molecular formula is C68H107BBr2NO2S5. The van der Waals surface area contributed by atoms with E-state index in [9.17, 15) is 9.59 Å². The number of thiophene rings is 4. The summed E-state index contributed by atoms with van der Waals surface area (Å²) in [6.45, 7) is 9.16. The Bertz CT molecular complexity index is 2180. The van der Waals surface area contributed by atoms with Crippen molar-refractivity contribution in [1.29, 1.82) is 0 Å². The Balaban J connectivity index is 0.000000325. The van der Waals surface area contributed by atoms with Gasteiger partial charge >= 0.3 is 24.8 Å². The number of fused-ring (bicyclic) bond motifs is 6. The molecule has 0 unspecified atom stereocenters. The van der Waals surface area contributed by atoms with Gasteiger partial charge in [-0.15, -0.1) is 45.3 Å². The van der Waals surface area contributed by atoms with E-state index in [0.29, 0.717) is 11.6 Å². The minimum atomic E-state index is -0.342. The third kappa shape index (κ3) is 24.0. The molecular weight excluding hydrogens is 1190 g/mol. The molecule has 2 aliphatic carbocycles. The topological polar surface area (TPSA) is 46.5 Å². The average Bonchev–Trinajstić information content (AvgIpc) is 4.33. The first-order valence-electron chi connectivity index (χ1n) is 32.6. The van der Waals surface area contributed by atoms with Crippen LogP contribution in [0.3, 0.4) is 0 Å². The second-order valence-corrected chi connectivity index (χ2v) is 30.5. The van der Waals surface area contributed by atoms with E-state index < -0.39 is 0 Å². The number of Topliss-reactive ketones (excluding diaryl/α,β-unsaturated/α-hetero) is 2. The third-order valence-corrected chi connectivity index (χ3v) is 22.8. The molecule has 0 aliphatic heterocycles. The van der Waals surface area contributed by atoms with Crippen LogP contribution in [0.2, 0.25) is 0 Å². The van der Waals surface area contributed by atoms with Crippen molar-refractivity contribution in [2.24, 2.45) is 4.30 Å². The molecule has 2 aliphatic rings. The second-order valence-electron chi connectivity index (χ2n) is 23.6. The van der Waals surface area contributed by atoms with Crippen molar-refractivity contribution in [2.75, 3.05) is 0 Å². The summed E-state index contributed by atoms with van der Waals surface area (Å²) in [5.41, 5.74) is 4.05. The molecule has 11 heteroatoms. The Hall–Kier alpha value is -0.685. The van der Waals surface area contributed by atoms with E-state index in [4.69, 9.17) is 0 Å². The Morgan fingerprint density at radius 3 is 1.06 bits per heavy atom. The summed E-state index contributed by atoms with van der Waals surface area (Å²) >= 11 is 17.8. The third-order valence-electron chi connectivity index (χ3n) is 17.4. The Labute approximate surface area is 524 Å². The van der Waals surface area contributed by atoms with Gasteiger partial charge in [0.25, 0.3) is 0 Å². The number of rotatable bonds is 44. The molecule has 0 saturated carbocycles. The number of carbonyl (C=O) groups is 2. The summed E-state index contributed by atoms with van der Waals surface area (Å²) in [5.74, 6) is 0.825. The molecule has 4 aromatic rings. The zero-order valence-electron chi connectivity index (χ0n) is 50.3. The van der Waals surface area contributed by atoms with Crippen LogP contribution in [0.1, 0.15) is 342 Å². The summed E-state index contributed by atoms with van der Waals surface area (Å²) < 4.78 is 4.93. The van der Waals surface area contributed by atoms with E-state index in [0.717, 1.165) is 57.2 Å². The van der Waals surface area contributed by atoms with Gasteiger partial charge in [0.15, 0.2) is 11.6 Å². The van der Waals surface area contributed by atoms with Gasteiger partial charge in [0.2, 0.25) is 0 Å². The molecule has 0 fully saturated rings. The predicted molar refractivity (Wildman–Crippen MR) is 366 cm³/mol. The van der Waals surface area contributed by atoms with E-state index in [2.05, 4.69) is 119 Å². The molecule has 3 nitrogen and oxygen atoms in total. The van der Waals surface area contributed by atoms with Crippen molar-refractivity contribution in [3.8, 4) is 19.5 Å². The molecule has 6 rings (SSSR count). The number of hydrogen-bond donors (Lipinski definition) is 1. The van der Waals surface area contributed by atoms with Gasteiger partial charge in [-0.2, -0.15) is 0 Å². The number of ketones is 2. The van der Waals surface area contributed by atoms with Gasteiger partial charge in [0, 0.05) is 16.0 Å². The second kappa shape index (κ2) is 43.0. The molecule has 4 heterocycles. The van der Waals surface area contributed by atoms with E-state index in [1.54, 1.807) is 22.7 Å². The van der Waals surface area contributed by atoms with E-state index >= 15 is 0 Å². The summed E-state index contributed by atoms with van der Waals surface area (Å²) in [7, 11) is 4.34. The number of carbonyl (C=O) groups excluding carboxylic acids is 2. The van der Waals surface area contributed by atoms with Crippen molar-refractivity contribution in [1.82, 2.24) is 0 Å². The molecule has 0 atom stereocenters. The van der Waals surface area contributed by atoms with Crippen LogP contribution in [0, 0.1) is 0 Å². The molecule has 0 N–H and O–H groups in total. The van der Waals surface area contributed by atoms with Crippen LogP contribution in [0.25, 0.3) is 19.5 Å². The van der Waals surface area contributed by atoms with Crippen molar-refractivity contribution in [3.05, 3.63) is 64.9 Å². The van der Waals surface area contributed by atoms with Crippen LogP contribution in [-0.4, -0.2) is 19.2 Å². The van der Waals surface area contributed by atoms with Crippen molar-refractivity contribution in [2.45, 2.75) is 321 Å². The zero-order valence-corrected chi connectivity index (χ0v) is 57.6. The fourth-order valence-corrected chi connectivity index (χ4v) is 18.3. The monoisotopic (exact) mass is 1300 g/mol. The molecule has 1 radical (unpaired) electrons. The van der Waals surface area contributed by atoms with E-state index in [-0.39, 0.29) is 10.8 Å². The summed E-state index contributed by atoms with van der Waals surface area (Å²) in [5, 5.41) is 4.36. The molecule has 0 saturated heterocycles. The summed E-state index contributed by atoms with van der Waals surface area (Å²) in [6, 6.07) is 8.80. The first-order chi connectivity index (χ1) is 38.7. The van der Waals surface area contributed by atoms with Gasteiger partial charge in [-0.05, 0) is 104 Å². The van der Waals surface area contributed by atoms with Crippen LogP contribution >= 0.6 is 90.0 Å². The SMILES string of the molecule is CCCCCCCCCCCCC1(CCCCCCCCCCCC)C(=O)c2cc(Br)sc2-c2sc(Br)cc21.CCCCCCCCCCCCC1(CCCCCCCCCCCC)C(=O)c2ccsc2-c2sccc21.[B]=NS. The van der Waals surface area contributed by atoms with E-state index in [1.165, 1.54) is 275 Å². The maximum absolute atomic E-state index is 14.3.